The third kappa shape index (κ3) is 2.99. The van der Waals surface area contributed by atoms with Crippen LogP contribution in [-0.2, 0) is 4.79 Å². The van der Waals surface area contributed by atoms with Crippen molar-refractivity contribution in [1.29, 1.82) is 0 Å². The molecule has 0 spiro atoms. The van der Waals surface area contributed by atoms with Crippen molar-refractivity contribution >= 4 is 65.7 Å². The Hall–Kier alpha value is -2.66. The molecule has 11 heteroatoms. The van der Waals surface area contributed by atoms with Crippen LogP contribution in [0, 0.1) is 0 Å². The summed E-state index contributed by atoms with van der Waals surface area (Å²) in [6.07, 6.45) is 0. The summed E-state index contributed by atoms with van der Waals surface area (Å²) < 4.78 is 11.2. The fourth-order valence-electron chi connectivity index (χ4n) is 2.32. The molecular weight excluding hydrogens is 482 g/mol. The molecular formula is C15H7Br2NO8. The van der Waals surface area contributed by atoms with E-state index in [-0.39, 0.29) is 16.6 Å². The SMILES string of the molecule is O=C(O)CNC(=O)c1c(O)c2c(=O)oc3c(Br)cc(Br)cc3c2oc1=O. The van der Waals surface area contributed by atoms with Gasteiger partial charge in [0, 0.05) is 4.47 Å². The van der Waals surface area contributed by atoms with Crippen molar-refractivity contribution < 1.29 is 28.6 Å². The molecule has 0 unspecified atom stereocenters. The number of carbonyl (C=O) groups is 2. The van der Waals surface area contributed by atoms with Crippen molar-refractivity contribution in [2.24, 2.45) is 0 Å². The average Bonchev–Trinajstić information content (AvgIpc) is 2.53. The van der Waals surface area contributed by atoms with E-state index in [4.69, 9.17) is 13.9 Å². The molecule has 1 aromatic carbocycles. The summed E-state index contributed by atoms with van der Waals surface area (Å²) in [6.45, 7) is -0.790. The highest BCUT2D eigenvalue weighted by atomic mass is 79.9. The maximum atomic E-state index is 12.3. The Morgan fingerprint density at radius 1 is 1.08 bits per heavy atom. The minimum Gasteiger partial charge on any atom is -0.506 e. The molecule has 2 heterocycles. The molecule has 0 aliphatic heterocycles. The smallest absolute Gasteiger partial charge is 0.353 e. The van der Waals surface area contributed by atoms with Gasteiger partial charge in [0.1, 0.15) is 11.9 Å². The molecule has 3 aromatic rings. The van der Waals surface area contributed by atoms with Crippen molar-refractivity contribution in [3.05, 3.63) is 47.5 Å². The summed E-state index contributed by atoms with van der Waals surface area (Å²) in [6, 6.07) is 3.10. The van der Waals surface area contributed by atoms with Crippen LogP contribution in [0.5, 0.6) is 5.75 Å². The topological polar surface area (TPSA) is 147 Å². The first-order valence-corrected chi connectivity index (χ1v) is 8.41. The van der Waals surface area contributed by atoms with E-state index in [9.17, 15) is 24.3 Å². The number of nitrogens with one attached hydrogen (secondary N) is 1. The summed E-state index contributed by atoms with van der Waals surface area (Å²) in [5.41, 5.74) is -3.35. The summed E-state index contributed by atoms with van der Waals surface area (Å²) in [5, 5.41) is 20.5. The number of carboxylic acids is 1. The summed E-state index contributed by atoms with van der Waals surface area (Å²) in [4.78, 5) is 46.9. The molecule has 0 saturated carbocycles. The van der Waals surface area contributed by atoms with Gasteiger partial charge >= 0.3 is 17.2 Å². The monoisotopic (exact) mass is 487 g/mol. The number of carboxylic acid groups (broad SMARTS) is 1. The third-order valence-electron chi connectivity index (χ3n) is 3.38. The zero-order valence-electron chi connectivity index (χ0n) is 12.5. The lowest BCUT2D eigenvalue weighted by molar-refractivity contribution is -0.135. The lowest BCUT2D eigenvalue weighted by atomic mass is 10.1. The zero-order chi connectivity index (χ0) is 19.2. The van der Waals surface area contributed by atoms with Crippen molar-refractivity contribution in [3.63, 3.8) is 0 Å². The molecule has 26 heavy (non-hydrogen) atoms. The minimum absolute atomic E-state index is 0.0799. The predicted molar refractivity (Wildman–Crippen MR) is 95.6 cm³/mol. The first-order valence-electron chi connectivity index (χ1n) is 6.82. The molecule has 0 fully saturated rings. The van der Waals surface area contributed by atoms with E-state index in [1.165, 1.54) is 6.07 Å². The van der Waals surface area contributed by atoms with E-state index in [1.54, 1.807) is 6.07 Å². The van der Waals surface area contributed by atoms with Crippen molar-refractivity contribution in [2.75, 3.05) is 6.54 Å². The highest BCUT2D eigenvalue weighted by Crippen LogP contribution is 2.34. The van der Waals surface area contributed by atoms with Gasteiger partial charge in [0.25, 0.3) is 5.91 Å². The number of hydrogen-bond acceptors (Lipinski definition) is 7. The van der Waals surface area contributed by atoms with E-state index >= 15 is 0 Å². The van der Waals surface area contributed by atoms with Crippen LogP contribution in [0.2, 0.25) is 0 Å². The number of halogens is 2. The number of aliphatic carboxylic acids is 1. The normalized spacial score (nSPS) is 11.0. The van der Waals surface area contributed by atoms with Gasteiger partial charge in [-0.1, -0.05) is 15.9 Å². The summed E-state index contributed by atoms with van der Waals surface area (Å²) in [5.74, 6) is -3.51. The zero-order valence-corrected chi connectivity index (χ0v) is 15.6. The minimum atomic E-state index is -1.36. The van der Waals surface area contributed by atoms with Crippen molar-refractivity contribution in [1.82, 2.24) is 5.32 Å². The Morgan fingerprint density at radius 3 is 2.38 bits per heavy atom. The maximum Gasteiger partial charge on any atom is 0.353 e. The van der Waals surface area contributed by atoms with Crippen LogP contribution in [0.25, 0.3) is 21.9 Å². The predicted octanol–water partition coefficient (Wildman–Crippen LogP) is 1.94. The number of fused-ring (bicyclic) bond motifs is 3. The summed E-state index contributed by atoms with van der Waals surface area (Å²) in [7, 11) is 0. The fraction of sp³-hybridized carbons (Fsp3) is 0.0667. The van der Waals surface area contributed by atoms with Gasteiger partial charge in [0.15, 0.2) is 22.5 Å². The quantitative estimate of drug-likeness (QED) is 0.374. The van der Waals surface area contributed by atoms with Gasteiger partial charge in [-0.3, -0.25) is 9.59 Å². The number of benzene rings is 1. The largest absolute Gasteiger partial charge is 0.506 e. The van der Waals surface area contributed by atoms with Crippen LogP contribution in [0.4, 0.5) is 0 Å². The van der Waals surface area contributed by atoms with Crippen LogP contribution >= 0.6 is 31.9 Å². The van der Waals surface area contributed by atoms with Gasteiger partial charge in [-0.25, -0.2) is 9.59 Å². The van der Waals surface area contributed by atoms with Crippen LogP contribution < -0.4 is 16.6 Å². The molecule has 3 N–H and O–H groups in total. The molecule has 0 saturated heterocycles. The van der Waals surface area contributed by atoms with E-state index in [0.29, 0.717) is 8.95 Å². The van der Waals surface area contributed by atoms with E-state index in [2.05, 4.69) is 31.9 Å². The second-order valence-corrected chi connectivity index (χ2v) is 6.82. The number of carbonyl (C=O) groups excluding carboxylic acids is 1. The first-order chi connectivity index (χ1) is 12.2. The molecule has 0 bridgehead atoms. The molecule has 0 aliphatic carbocycles. The van der Waals surface area contributed by atoms with Crippen LogP contribution in [0.3, 0.4) is 0 Å². The Balaban J connectivity index is 2.37. The number of hydrogen-bond donors (Lipinski definition) is 3. The van der Waals surface area contributed by atoms with Crippen molar-refractivity contribution in [3.8, 4) is 5.75 Å². The average molecular weight is 489 g/mol. The van der Waals surface area contributed by atoms with E-state index in [1.807, 2.05) is 5.32 Å². The maximum absolute atomic E-state index is 12.3. The molecule has 0 atom stereocenters. The van der Waals surface area contributed by atoms with E-state index in [0.717, 1.165) is 0 Å². The van der Waals surface area contributed by atoms with Gasteiger partial charge in [-0.2, -0.15) is 0 Å². The molecule has 1 amide bonds. The van der Waals surface area contributed by atoms with Gasteiger partial charge in [-0.15, -0.1) is 0 Å². The van der Waals surface area contributed by atoms with Crippen LogP contribution in [0.1, 0.15) is 10.4 Å². The molecule has 0 radical (unpaired) electrons. The lowest BCUT2D eigenvalue weighted by Gasteiger charge is -2.08. The van der Waals surface area contributed by atoms with Gasteiger partial charge in [-0.05, 0) is 28.1 Å². The molecule has 0 aliphatic rings. The second-order valence-electron chi connectivity index (χ2n) is 5.05. The molecule has 3 rings (SSSR count). The van der Waals surface area contributed by atoms with Crippen molar-refractivity contribution in [2.45, 2.75) is 0 Å². The lowest BCUT2D eigenvalue weighted by Crippen LogP contribution is -2.32. The molecule has 2 aromatic heterocycles. The van der Waals surface area contributed by atoms with Gasteiger partial charge in [0.2, 0.25) is 0 Å². The highest BCUT2D eigenvalue weighted by molar-refractivity contribution is 9.11. The Labute approximate surface area is 159 Å². The third-order valence-corrected chi connectivity index (χ3v) is 4.43. The molecule has 9 nitrogen and oxygen atoms in total. The standard InChI is InChI=1S/C15H7Br2NO8/c16-4-1-5-11(6(17)2-4)25-14(23)8-10(21)9(15(24)26-12(5)8)13(22)18-3-7(19)20/h1-2,21H,3H2,(H,18,22)(H,19,20). The fourth-order valence-corrected chi connectivity index (χ4v) is 3.63. The van der Waals surface area contributed by atoms with Crippen LogP contribution in [-0.4, -0.2) is 28.6 Å². The van der Waals surface area contributed by atoms with Gasteiger partial charge in [0.05, 0.1) is 9.86 Å². The van der Waals surface area contributed by atoms with Crippen LogP contribution in [0.15, 0.2) is 39.5 Å². The number of amides is 1. The van der Waals surface area contributed by atoms with Gasteiger partial charge < -0.3 is 24.4 Å². The highest BCUT2D eigenvalue weighted by Gasteiger charge is 2.25. The first kappa shape index (κ1) is 18.1. The summed E-state index contributed by atoms with van der Waals surface area (Å²) >= 11 is 6.46. The Bertz CT molecular complexity index is 1210. The molecule has 134 valence electrons. The Kier molecular flexibility index (Phi) is 4.59. The number of aromatic hydroxyl groups is 1. The van der Waals surface area contributed by atoms with E-state index < -0.39 is 46.4 Å². The second kappa shape index (κ2) is 6.57. The number of rotatable bonds is 3. The Morgan fingerprint density at radius 2 is 1.73 bits per heavy atom.